The lowest BCUT2D eigenvalue weighted by Gasteiger charge is -2.45. The molecular formula is C28H50N4O. The van der Waals surface area contributed by atoms with Gasteiger partial charge in [-0.2, -0.15) is 0 Å². The van der Waals surface area contributed by atoms with Crippen LogP contribution in [-0.4, -0.2) is 42.1 Å². The van der Waals surface area contributed by atoms with Crippen molar-refractivity contribution >= 4 is 6.03 Å². The molecule has 0 spiro atoms. The summed E-state index contributed by atoms with van der Waals surface area (Å²) in [7, 11) is 0. The van der Waals surface area contributed by atoms with Crippen LogP contribution in [-0.2, 0) is 0 Å². The van der Waals surface area contributed by atoms with Gasteiger partial charge in [0.15, 0.2) is 0 Å². The first-order valence-electron chi connectivity index (χ1n) is 13.1. The van der Waals surface area contributed by atoms with Crippen molar-refractivity contribution in [1.29, 1.82) is 0 Å². The summed E-state index contributed by atoms with van der Waals surface area (Å²) in [4.78, 5) is 15.8. The Kier molecular flexibility index (Phi) is 9.93. The minimum Gasteiger partial charge on any atom is -0.389 e. The number of nitrogens with one attached hydrogen (secondary N) is 3. The van der Waals surface area contributed by atoms with Crippen molar-refractivity contribution in [3.05, 3.63) is 37.2 Å². The first-order chi connectivity index (χ1) is 15.5. The lowest BCUT2D eigenvalue weighted by molar-refractivity contribution is 0.138. The highest BCUT2D eigenvalue weighted by atomic mass is 16.2. The van der Waals surface area contributed by atoms with E-state index in [0.717, 1.165) is 63.0 Å². The first-order valence-corrected chi connectivity index (χ1v) is 13.1. The van der Waals surface area contributed by atoms with Crippen LogP contribution in [0.25, 0.3) is 0 Å². The molecule has 1 aliphatic carbocycles. The fourth-order valence-electron chi connectivity index (χ4n) is 5.58. The maximum absolute atomic E-state index is 13.4. The summed E-state index contributed by atoms with van der Waals surface area (Å²) < 4.78 is 0. The zero-order valence-electron chi connectivity index (χ0n) is 22.1. The average Bonchev–Trinajstić information content (AvgIpc) is 3.23. The lowest BCUT2D eigenvalue weighted by atomic mass is 9.69. The molecule has 2 amide bonds. The summed E-state index contributed by atoms with van der Waals surface area (Å²) in [5.74, 6) is 0. The number of hydrogen-bond donors (Lipinski definition) is 3. The number of hydrogen-bond acceptors (Lipinski definition) is 3. The highest BCUT2D eigenvalue weighted by Crippen LogP contribution is 2.42. The second-order valence-electron chi connectivity index (χ2n) is 11.5. The number of amides is 2. The summed E-state index contributed by atoms with van der Waals surface area (Å²) in [5.41, 5.74) is 2.05. The van der Waals surface area contributed by atoms with Gasteiger partial charge >= 0.3 is 6.03 Å². The Hall–Kier alpha value is -1.91. The molecule has 33 heavy (non-hydrogen) atoms. The van der Waals surface area contributed by atoms with E-state index in [4.69, 9.17) is 0 Å². The number of allylic oxidation sites excluding steroid dienone is 1. The Labute approximate surface area is 203 Å². The smallest absolute Gasteiger partial charge is 0.315 e. The molecule has 0 aromatic heterocycles. The predicted molar refractivity (Wildman–Crippen MR) is 141 cm³/mol. The van der Waals surface area contributed by atoms with Gasteiger partial charge in [-0.05, 0) is 56.3 Å². The van der Waals surface area contributed by atoms with E-state index in [9.17, 15) is 4.79 Å². The van der Waals surface area contributed by atoms with Crippen molar-refractivity contribution in [2.45, 2.75) is 111 Å². The van der Waals surface area contributed by atoms with Crippen LogP contribution in [0.2, 0.25) is 0 Å². The van der Waals surface area contributed by atoms with E-state index in [1.807, 2.05) is 6.08 Å². The second-order valence-corrected chi connectivity index (χ2v) is 11.5. The number of rotatable bonds is 11. The van der Waals surface area contributed by atoms with Gasteiger partial charge in [0.2, 0.25) is 0 Å². The van der Waals surface area contributed by atoms with Gasteiger partial charge in [0, 0.05) is 36.6 Å². The molecule has 1 aliphatic heterocycles. The third-order valence-corrected chi connectivity index (χ3v) is 7.75. The molecule has 3 atom stereocenters. The molecule has 0 aromatic rings. The van der Waals surface area contributed by atoms with Crippen molar-refractivity contribution in [2.24, 2.45) is 10.8 Å². The van der Waals surface area contributed by atoms with Gasteiger partial charge in [0.1, 0.15) is 0 Å². The molecule has 5 nitrogen and oxygen atoms in total. The summed E-state index contributed by atoms with van der Waals surface area (Å²) in [6, 6.07) is 0.206. The van der Waals surface area contributed by atoms with Gasteiger partial charge in [0.05, 0.1) is 6.04 Å². The Morgan fingerprint density at radius 2 is 1.82 bits per heavy atom. The van der Waals surface area contributed by atoms with Crippen LogP contribution in [0.15, 0.2) is 37.2 Å². The van der Waals surface area contributed by atoms with Crippen LogP contribution >= 0.6 is 0 Å². The molecule has 0 aromatic carbocycles. The molecular weight excluding hydrogens is 408 g/mol. The molecule has 188 valence electrons. The van der Waals surface area contributed by atoms with Crippen molar-refractivity contribution in [2.75, 3.05) is 13.1 Å². The fourth-order valence-corrected chi connectivity index (χ4v) is 5.58. The molecule has 2 fully saturated rings. The van der Waals surface area contributed by atoms with Gasteiger partial charge < -0.3 is 20.9 Å². The van der Waals surface area contributed by atoms with Crippen LogP contribution < -0.4 is 16.0 Å². The predicted octanol–water partition coefficient (Wildman–Crippen LogP) is 6.11. The molecule has 0 radical (unpaired) electrons. The van der Waals surface area contributed by atoms with E-state index in [1.54, 1.807) is 0 Å². The summed E-state index contributed by atoms with van der Waals surface area (Å²) >= 11 is 0. The van der Waals surface area contributed by atoms with Gasteiger partial charge in [0.25, 0.3) is 0 Å². The standard InChI is InChI=1S/C28H50N4O/c1-9-23-15-14-20-32(23)22(4)25(28(8)18-12-11-13-19-28)31-26(33)30-24(27(5,6)7)17-16-21(3)29-10-2/h9,23-25,29H,1,3-4,10-20H2,2,5-8H3,(H2,30,31,33). The number of nitrogens with zero attached hydrogens (tertiary/aromatic N) is 1. The molecule has 2 aliphatic rings. The SMILES string of the molecule is C=CC1CCCN1C(=C)C(NC(=O)NC(CCC(=C)NCC)C(C)(C)C)C1(C)CCCCC1. The molecule has 2 rings (SSSR count). The zero-order chi connectivity index (χ0) is 24.6. The third kappa shape index (κ3) is 7.55. The van der Waals surface area contributed by atoms with Crippen LogP contribution in [0.1, 0.15) is 92.4 Å². The number of carbonyl (C=O) groups is 1. The van der Waals surface area contributed by atoms with E-state index >= 15 is 0 Å². The van der Waals surface area contributed by atoms with Crippen molar-refractivity contribution < 1.29 is 4.79 Å². The van der Waals surface area contributed by atoms with Gasteiger partial charge in [-0.1, -0.05) is 66.2 Å². The Balaban J connectivity index is 2.16. The monoisotopic (exact) mass is 458 g/mol. The molecule has 5 heteroatoms. The highest BCUT2D eigenvalue weighted by Gasteiger charge is 2.41. The first kappa shape index (κ1) is 27.3. The molecule has 1 heterocycles. The molecule has 3 N–H and O–H groups in total. The van der Waals surface area contributed by atoms with Crippen molar-refractivity contribution in [1.82, 2.24) is 20.9 Å². The van der Waals surface area contributed by atoms with E-state index < -0.39 is 0 Å². The van der Waals surface area contributed by atoms with Gasteiger partial charge in [-0.25, -0.2) is 4.79 Å². The largest absolute Gasteiger partial charge is 0.389 e. The number of urea groups is 1. The van der Waals surface area contributed by atoms with E-state index in [-0.39, 0.29) is 28.9 Å². The highest BCUT2D eigenvalue weighted by molar-refractivity contribution is 5.75. The van der Waals surface area contributed by atoms with Gasteiger partial charge in [-0.3, -0.25) is 0 Å². The Bertz CT molecular complexity index is 687. The Morgan fingerprint density at radius 3 is 2.39 bits per heavy atom. The quantitative estimate of drug-likeness (QED) is 0.328. The lowest BCUT2D eigenvalue weighted by Crippen LogP contribution is -2.57. The maximum Gasteiger partial charge on any atom is 0.315 e. The maximum atomic E-state index is 13.4. The Morgan fingerprint density at radius 1 is 1.15 bits per heavy atom. The third-order valence-electron chi connectivity index (χ3n) is 7.75. The fraction of sp³-hybridized carbons (Fsp3) is 0.750. The molecule has 0 bridgehead atoms. The summed E-state index contributed by atoms with van der Waals surface area (Å²) in [6.07, 6.45) is 11.9. The summed E-state index contributed by atoms with van der Waals surface area (Å²) in [6.45, 7) is 25.5. The van der Waals surface area contributed by atoms with Crippen LogP contribution in [0, 0.1) is 10.8 Å². The van der Waals surface area contributed by atoms with Crippen LogP contribution in [0.3, 0.4) is 0 Å². The van der Waals surface area contributed by atoms with E-state index in [2.05, 4.69) is 75.2 Å². The topological polar surface area (TPSA) is 56.4 Å². The number of likely N-dealkylation sites (tertiary alicyclic amines) is 1. The van der Waals surface area contributed by atoms with Crippen LogP contribution in [0.5, 0.6) is 0 Å². The zero-order valence-corrected chi connectivity index (χ0v) is 22.1. The van der Waals surface area contributed by atoms with Crippen molar-refractivity contribution in [3.8, 4) is 0 Å². The number of carbonyl (C=O) groups excluding carboxylic acids is 1. The minimum atomic E-state index is -0.0868. The van der Waals surface area contributed by atoms with Gasteiger partial charge in [-0.15, -0.1) is 6.58 Å². The second kappa shape index (κ2) is 12.0. The average molecular weight is 459 g/mol. The van der Waals surface area contributed by atoms with E-state index in [1.165, 1.54) is 19.3 Å². The summed E-state index contributed by atoms with van der Waals surface area (Å²) in [5, 5.41) is 10.0. The van der Waals surface area contributed by atoms with Crippen molar-refractivity contribution in [3.63, 3.8) is 0 Å². The minimum absolute atomic E-state index is 0.0253. The molecule has 1 saturated heterocycles. The molecule has 3 unspecified atom stereocenters. The normalized spacial score (nSPS) is 22.2. The molecule has 1 saturated carbocycles. The van der Waals surface area contributed by atoms with Crippen LogP contribution in [0.4, 0.5) is 4.79 Å². The van der Waals surface area contributed by atoms with E-state index in [0.29, 0.717) is 6.04 Å².